The van der Waals surface area contributed by atoms with Crippen LogP contribution in [0.2, 0.25) is 0 Å². The van der Waals surface area contributed by atoms with Gasteiger partial charge in [-0.2, -0.15) is 0 Å². The summed E-state index contributed by atoms with van der Waals surface area (Å²) in [5, 5.41) is 2.57. The van der Waals surface area contributed by atoms with Gasteiger partial charge in [0.15, 0.2) is 0 Å². The summed E-state index contributed by atoms with van der Waals surface area (Å²) < 4.78 is 40.3. The van der Waals surface area contributed by atoms with Gasteiger partial charge in [0.1, 0.15) is 5.75 Å². The number of benzene rings is 1. The van der Waals surface area contributed by atoms with Gasteiger partial charge in [-0.15, -0.1) is 13.2 Å². The Bertz CT molecular complexity index is 511. The Morgan fingerprint density at radius 1 is 1.24 bits per heavy atom. The van der Waals surface area contributed by atoms with Gasteiger partial charge in [-0.05, 0) is 25.0 Å². The summed E-state index contributed by atoms with van der Waals surface area (Å²) in [7, 11) is 0. The van der Waals surface area contributed by atoms with Crippen LogP contribution < -0.4 is 15.8 Å². The topological polar surface area (TPSA) is 64.4 Å². The molecule has 0 atom stereocenters. The Kier molecular flexibility index (Phi) is 4.41. The first kappa shape index (κ1) is 15.6. The number of ether oxygens (including phenoxy) is 1. The van der Waals surface area contributed by atoms with Crippen LogP contribution in [0.15, 0.2) is 24.3 Å². The Morgan fingerprint density at radius 3 is 2.52 bits per heavy atom. The van der Waals surface area contributed by atoms with Crippen molar-refractivity contribution in [3.63, 3.8) is 0 Å². The van der Waals surface area contributed by atoms with E-state index in [4.69, 9.17) is 5.73 Å². The second-order valence-corrected chi connectivity index (χ2v) is 5.25. The molecule has 2 rings (SSSR count). The van der Waals surface area contributed by atoms with Gasteiger partial charge in [0, 0.05) is 11.8 Å². The zero-order valence-corrected chi connectivity index (χ0v) is 11.4. The fourth-order valence-corrected chi connectivity index (χ4v) is 2.44. The third-order valence-corrected chi connectivity index (χ3v) is 3.52. The average molecular weight is 302 g/mol. The van der Waals surface area contributed by atoms with E-state index in [1.807, 2.05) is 0 Å². The van der Waals surface area contributed by atoms with E-state index >= 15 is 0 Å². The van der Waals surface area contributed by atoms with Crippen molar-refractivity contribution in [3.8, 4) is 5.75 Å². The van der Waals surface area contributed by atoms with Gasteiger partial charge < -0.3 is 15.8 Å². The van der Waals surface area contributed by atoms with Gasteiger partial charge >= 0.3 is 6.36 Å². The molecule has 116 valence electrons. The quantitative estimate of drug-likeness (QED) is 0.901. The molecule has 0 bridgehead atoms. The summed E-state index contributed by atoms with van der Waals surface area (Å²) in [5.74, 6) is -0.749. The third-order valence-electron chi connectivity index (χ3n) is 3.52. The zero-order valence-electron chi connectivity index (χ0n) is 11.4. The monoisotopic (exact) mass is 302 g/mol. The molecule has 0 saturated heterocycles. The number of rotatable bonds is 3. The summed E-state index contributed by atoms with van der Waals surface area (Å²) in [6, 6.07) is 5.16. The first-order valence-corrected chi connectivity index (χ1v) is 6.75. The number of nitrogens with two attached hydrogens (primary N) is 1. The van der Waals surface area contributed by atoms with Gasteiger partial charge in [-0.25, -0.2) is 0 Å². The molecule has 3 N–H and O–H groups in total. The number of anilines is 1. The largest absolute Gasteiger partial charge is 0.573 e. The highest BCUT2D eigenvalue weighted by atomic mass is 19.4. The van der Waals surface area contributed by atoms with E-state index in [0.29, 0.717) is 12.8 Å². The van der Waals surface area contributed by atoms with Crippen molar-refractivity contribution >= 4 is 11.6 Å². The van der Waals surface area contributed by atoms with Crippen LogP contribution in [0.5, 0.6) is 5.75 Å². The van der Waals surface area contributed by atoms with Crippen LogP contribution in [-0.4, -0.2) is 17.8 Å². The molecule has 1 aromatic carbocycles. The lowest BCUT2D eigenvalue weighted by molar-refractivity contribution is -0.274. The van der Waals surface area contributed by atoms with Gasteiger partial charge in [-0.3, -0.25) is 4.79 Å². The fraction of sp³-hybridized carbons (Fsp3) is 0.500. The fourth-order valence-electron chi connectivity index (χ4n) is 2.44. The van der Waals surface area contributed by atoms with E-state index < -0.39 is 11.9 Å². The molecule has 1 amide bonds. The highest BCUT2D eigenvalue weighted by Gasteiger charge is 2.35. The van der Waals surface area contributed by atoms with Crippen LogP contribution in [0.4, 0.5) is 18.9 Å². The Labute approximate surface area is 120 Å². The molecule has 4 nitrogen and oxygen atoms in total. The Morgan fingerprint density at radius 2 is 1.90 bits per heavy atom. The maximum Gasteiger partial charge on any atom is 0.573 e. The third kappa shape index (κ3) is 4.35. The van der Waals surface area contributed by atoms with Crippen molar-refractivity contribution in [1.29, 1.82) is 0 Å². The summed E-state index contributed by atoms with van der Waals surface area (Å²) in [4.78, 5) is 12.2. The zero-order chi connectivity index (χ0) is 15.5. The average Bonchev–Trinajstić information content (AvgIpc) is 2.38. The molecule has 1 saturated carbocycles. The molecule has 21 heavy (non-hydrogen) atoms. The van der Waals surface area contributed by atoms with Gasteiger partial charge in [0.2, 0.25) is 5.91 Å². The van der Waals surface area contributed by atoms with Crippen molar-refractivity contribution in [2.45, 2.75) is 44.0 Å². The van der Waals surface area contributed by atoms with Crippen LogP contribution in [0.3, 0.4) is 0 Å². The van der Waals surface area contributed by atoms with E-state index in [1.54, 1.807) is 0 Å². The maximum absolute atomic E-state index is 12.2. The molecule has 0 radical (unpaired) electrons. The van der Waals surface area contributed by atoms with Crippen molar-refractivity contribution in [1.82, 2.24) is 0 Å². The van der Waals surface area contributed by atoms with E-state index in [9.17, 15) is 18.0 Å². The minimum Gasteiger partial charge on any atom is -0.406 e. The second kappa shape index (κ2) is 5.93. The van der Waals surface area contributed by atoms with Gasteiger partial charge in [0.25, 0.3) is 0 Å². The van der Waals surface area contributed by atoms with E-state index in [2.05, 4.69) is 10.1 Å². The van der Waals surface area contributed by atoms with Crippen LogP contribution in [-0.2, 0) is 4.79 Å². The molecule has 0 spiro atoms. The van der Waals surface area contributed by atoms with Gasteiger partial charge in [0.05, 0.1) is 5.54 Å². The lowest BCUT2D eigenvalue weighted by Crippen LogP contribution is -2.52. The van der Waals surface area contributed by atoms with Crippen LogP contribution in [0, 0.1) is 0 Å². The highest BCUT2D eigenvalue weighted by Crippen LogP contribution is 2.29. The summed E-state index contributed by atoms with van der Waals surface area (Å²) in [6.45, 7) is 0. The molecule has 1 aromatic rings. The second-order valence-electron chi connectivity index (χ2n) is 5.25. The normalized spacial score (nSPS) is 18.1. The summed E-state index contributed by atoms with van der Waals surface area (Å²) in [5.41, 5.74) is 5.36. The van der Waals surface area contributed by atoms with Crippen molar-refractivity contribution in [2.24, 2.45) is 5.73 Å². The highest BCUT2D eigenvalue weighted by molar-refractivity contribution is 5.98. The minimum atomic E-state index is -4.76. The number of halogens is 3. The number of nitrogens with one attached hydrogen (secondary N) is 1. The maximum atomic E-state index is 12.2. The first-order valence-electron chi connectivity index (χ1n) is 6.75. The van der Waals surface area contributed by atoms with Crippen molar-refractivity contribution in [2.75, 3.05) is 5.32 Å². The van der Waals surface area contributed by atoms with Gasteiger partial charge in [-0.1, -0.05) is 25.3 Å². The molecule has 0 aliphatic heterocycles. The molecule has 0 unspecified atom stereocenters. The molecular weight excluding hydrogens is 285 g/mol. The first-order chi connectivity index (χ1) is 9.78. The predicted molar refractivity (Wildman–Crippen MR) is 71.8 cm³/mol. The molecule has 0 aromatic heterocycles. The number of hydrogen-bond donors (Lipinski definition) is 2. The summed E-state index contributed by atoms with van der Waals surface area (Å²) >= 11 is 0. The molecule has 0 heterocycles. The minimum absolute atomic E-state index is 0.233. The van der Waals surface area contributed by atoms with E-state index in [-0.39, 0.29) is 17.3 Å². The van der Waals surface area contributed by atoms with Crippen LogP contribution >= 0.6 is 0 Å². The molecule has 1 aliphatic carbocycles. The molecule has 1 fully saturated rings. The standard InChI is InChI=1S/C14H17F3N2O2/c15-14(16,17)21-11-6-4-5-10(9-11)19-12(20)13(18)7-2-1-3-8-13/h4-6,9H,1-3,7-8,18H2,(H,19,20). The Hall–Kier alpha value is -1.76. The van der Waals surface area contributed by atoms with Crippen LogP contribution in [0.25, 0.3) is 0 Å². The molecular formula is C14H17F3N2O2. The van der Waals surface area contributed by atoms with Crippen molar-refractivity contribution < 1.29 is 22.7 Å². The summed E-state index contributed by atoms with van der Waals surface area (Å²) in [6.07, 6.45) is -0.806. The van der Waals surface area contributed by atoms with E-state index in [1.165, 1.54) is 18.2 Å². The van der Waals surface area contributed by atoms with E-state index in [0.717, 1.165) is 25.3 Å². The van der Waals surface area contributed by atoms with Crippen LogP contribution in [0.1, 0.15) is 32.1 Å². The number of alkyl halides is 3. The smallest absolute Gasteiger partial charge is 0.406 e. The number of carbonyl (C=O) groups is 1. The number of hydrogen-bond acceptors (Lipinski definition) is 3. The molecule has 1 aliphatic rings. The lowest BCUT2D eigenvalue weighted by Gasteiger charge is -2.31. The Balaban J connectivity index is 2.05. The SMILES string of the molecule is NC1(C(=O)Nc2cccc(OC(F)(F)F)c2)CCCCC1. The number of amides is 1. The number of carbonyl (C=O) groups excluding carboxylic acids is 1. The predicted octanol–water partition coefficient (Wildman–Crippen LogP) is 3.19. The van der Waals surface area contributed by atoms with Crippen molar-refractivity contribution in [3.05, 3.63) is 24.3 Å². The molecule has 7 heteroatoms. The lowest BCUT2D eigenvalue weighted by atomic mass is 9.82.